The van der Waals surface area contributed by atoms with Gasteiger partial charge in [0.1, 0.15) is 5.69 Å². The van der Waals surface area contributed by atoms with Crippen LogP contribution >= 0.6 is 15.9 Å². The number of hydrogen-bond donors (Lipinski definition) is 1. The van der Waals surface area contributed by atoms with E-state index in [0.717, 1.165) is 0 Å². The summed E-state index contributed by atoms with van der Waals surface area (Å²) >= 11 is 3.23. The quantitative estimate of drug-likeness (QED) is 0.683. The second-order valence-electron chi connectivity index (χ2n) is 3.21. The third-order valence-corrected chi connectivity index (χ3v) is 2.73. The third-order valence-electron chi connectivity index (χ3n) is 2.09. The van der Waals surface area contributed by atoms with Gasteiger partial charge >= 0.3 is 0 Å². The molecule has 0 aliphatic rings. The first-order valence-corrected chi connectivity index (χ1v) is 5.37. The van der Waals surface area contributed by atoms with Gasteiger partial charge in [-0.25, -0.2) is 4.68 Å². The Hall–Kier alpha value is -1.80. The summed E-state index contributed by atoms with van der Waals surface area (Å²) in [5, 5.41) is 27.0. The Bertz CT molecular complexity index is 569. The maximum absolute atomic E-state index is 10.6. The highest BCUT2D eigenvalue weighted by atomic mass is 79.9. The van der Waals surface area contributed by atoms with E-state index in [4.69, 9.17) is 5.11 Å². The highest BCUT2D eigenvalue weighted by molar-refractivity contribution is 9.10. The molecule has 2 aromatic rings. The molecule has 88 valence electrons. The molecular formula is C9H7BrN4O3. The van der Waals surface area contributed by atoms with E-state index in [1.54, 1.807) is 12.3 Å². The molecule has 0 radical (unpaired) electrons. The van der Waals surface area contributed by atoms with Crippen molar-refractivity contribution in [1.29, 1.82) is 0 Å². The fraction of sp³-hybridized carbons (Fsp3) is 0.111. The van der Waals surface area contributed by atoms with Crippen molar-refractivity contribution in [3.8, 4) is 5.69 Å². The predicted molar refractivity (Wildman–Crippen MR) is 61.6 cm³/mol. The Labute approximate surface area is 104 Å². The monoisotopic (exact) mass is 298 g/mol. The molecule has 0 bridgehead atoms. The number of aliphatic hydroxyl groups is 1. The standard InChI is InChI=1S/C9H7BrN4O3/c10-8-3-7(14(16)17)1-2-9(8)13-4-6(5-15)11-12-13/h1-4,15H,5H2. The number of benzene rings is 1. The molecule has 0 spiro atoms. The summed E-state index contributed by atoms with van der Waals surface area (Å²) in [5.41, 5.74) is 1.03. The number of rotatable bonds is 3. The lowest BCUT2D eigenvalue weighted by atomic mass is 10.3. The van der Waals surface area contributed by atoms with Gasteiger partial charge in [0, 0.05) is 12.1 Å². The minimum atomic E-state index is -0.477. The average molecular weight is 299 g/mol. The first-order valence-electron chi connectivity index (χ1n) is 4.58. The Balaban J connectivity index is 2.42. The summed E-state index contributed by atoms with van der Waals surface area (Å²) < 4.78 is 1.96. The van der Waals surface area contributed by atoms with Crippen LogP contribution in [-0.4, -0.2) is 25.0 Å². The number of aromatic nitrogens is 3. The van der Waals surface area contributed by atoms with E-state index in [0.29, 0.717) is 15.9 Å². The zero-order chi connectivity index (χ0) is 12.4. The summed E-state index contributed by atoms with van der Waals surface area (Å²) in [6.45, 7) is -0.204. The number of aliphatic hydroxyl groups excluding tert-OH is 1. The van der Waals surface area contributed by atoms with Gasteiger partial charge in [0.05, 0.1) is 27.9 Å². The number of non-ortho nitro benzene ring substituents is 1. The van der Waals surface area contributed by atoms with Gasteiger partial charge in [0.2, 0.25) is 0 Å². The van der Waals surface area contributed by atoms with Crippen LogP contribution in [0.4, 0.5) is 5.69 Å². The van der Waals surface area contributed by atoms with Crippen LogP contribution in [0.3, 0.4) is 0 Å². The molecule has 0 aliphatic carbocycles. The van der Waals surface area contributed by atoms with Gasteiger partial charge in [0.25, 0.3) is 5.69 Å². The molecule has 8 heteroatoms. The van der Waals surface area contributed by atoms with Gasteiger partial charge in [0.15, 0.2) is 0 Å². The number of nitro groups is 1. The highest BCUT2D eigenvalue weighted by Gasteiger charge is 2.11. The largest absolute Gasteiger partial charge is 0.390 e. The van der Waals surface area contributed by atoms with Gasteiger partial charge in [-0.05, 0) is 22.0 Å². The van der Waals surface area contributed by atoms with Crippen molar-refractivity contribution in [2.45, 2.75) is 6.61 Å². The Morgan fingerprint density at radius 2 is 2.29 bits per heavy atom. The lowest BCUT2D eigenvalue weighted by molar-refractivity contribution is -0.384. The van der Waals surface area contributed by atoms with Crippen LogP contribution < -0.4 is 0 Å². The molecule has 1 N–H and O–H groups in total. The fourth-order valence-electron chi connectivity index (χ4n) is 1.28. The van der Waals surface area contributed by atoms with Crippen molar-refractivity contribution >= 4 is 21.6 Å². The van der Waals surface area contributed by atoms with Crippen molar-refractivity contribution in [1.82, 2.24) is 15.0 Å². The highest BCUT2D eigenvalue weighted by Crippen LogP contribution is 2.25. The molecule has 1 aromatic heterocycles. The number of hydrogen-bond acceptors (Lipinski definition) is 5. The summed E-state index contributed by atoms with van der Waals surface area (Å²) in [4.78, 5) is 10.1. The molecule has 7 nitrogen and oxygen atoms in total. The van der Waals surface area contributed by atoms with E-state index >= 15 is 0 Å². The van der Waals surface area contributed by atoms with Crippen LogP contribution in [0.5, 0.6) is 0 Å². The molecule has 0 saturated carbocycles. The molecule has 0 fully saturated rings. The summed E-state index contributed by atoms with van der Waals surface area (Å²) in [7, 11) is 0. The molecule has 0 saturated heterocycles. The first kappa shape index (κ1) is 11.7. The maximum Gasteiger partial charge on any atom is 0.270 e. The van der Waals surface area contributed by atoms with Crippen LogP contribution in [0.2, 0.25) is 0 Å². The van der Waals surface area contributed by atoms with E-state index in [1.165, 1.54) is 16.8 Å². The Kier molecular flexibility index (Phi) is 3.16. The van der Waals surface area contributed by atoms with Crippen LogP contribution in [-0.2, 0) is 6.61 Å². The molecule has 0 unspecified atom stereocenters. The van der Waals surface area contributed by atoms with Crippen molar-refractivity contribution in [3.05, 3.63) is 44.7 Å². The fourth-order valence-corrected chi connectivity index (χ4v) is 1.83. The number of nitro benzene ring substituents is 1. The van der Waals surface area contributed by atoms with Crippen LogP contribution in [0.1, 0.15) is 5.69 Å². The van der Waals surface area contributed by atoms with Crippen LogP contribution in [0.25, 0.3) is 5.69 Å². The first-order chi connectivity index (χ1) is 8.11. The van der Waals surface area contributed by atoms with Crippen LogP contribution in [0.15, 0.2) is 28.9 Å². The smallest absolute Gasteiger partial charge is 0.270 e. The lowest BCUT2D eigenvalue weighted by Crippen LogP contribution is -1.97. The Morgan fingerprint density at radius 3 is 2.82 bits per heavy atom. The van der Waals surface area contributed by atoms with Gasteiger partial charge < -0.3 is 5.11 Å². The SMILES string of the molecule is O=[N+]([O-])c1ccc(-n2cc(CO)nn2)c(Br)c1. The molecule has 0 atom stereocenters. The molecule has 0 aliphatic heterocycles. The maximum atomic E-state index is 10.6. The summed E-state index contributed by atoms with van der Waals surface area (Å²) in [6.07, 6.45) is 1.55. The van der Waals surface area contributed by atoms with E-state index in [1.807, 2.05) is 0 Å². The molecule has 17 heavy (non-hydrogen) atoms. The molecule has 1 heterocycles. The van der Waals surface area contributed by atoms with E-state index in [-0.39, 0.29) is 12.3 Å². The lowest BCUT2D eigenvalue weighted by Gasteiger charge is -2.02. The van der Waals surface area contributed by atoms with Crippen molar-refractivity contribution < 1.29 is 10.0 Å². The summed E-state index contributed by atoms with van der Waals surface area (Å²) in [5.74, 6) is 0. The predicted octanol–water partition coefficient (Wildman–Crippen LogP) is 1.43. The number of nitrogens with zero attached hydrogens (tertiary/aromatic N) is 4. The van der Waals surface area contributed by atoms with Crippen molar-refractivity contribution in [2.24, 2.45) is 0 Å². The van der Waals surface area contributed by atoms with Crippen molar-refractivity contribution in [2.75, 3.05) is 0 Å². The normalized spacial score (nSPS) is 10.5. The zero-order valence-electron chi connectivity index (χ0n) is 8.45. The van der Waals surface area contributed by atoms with E-state index in [9.17, 15) is 10.1 Å². The molecule has 1 aromatic carbocycles. The second-order valence-corrected chi connectivity index (χ2v) is 4.06. The molecule has 2 rings (SSSR count). The van der Waals surface area contributed by atoms with Crippen molar-refractivity contribution in [3.63, 3.8) is 0 Å². The Morgan fingerprint density at radius 1 is 1.53 bits per heavy atom. The minimum Gasteiger partial charge on any atom is -0.390 e. The van der Waals surface area contributed by atoms with Crippen LogP contribution in [0, 0.1) is 10.1 Å². The van der Waals surface area contributed by atoms with E-state index in [2.05, 4.69) is 26.2 Å². The topological polar surface area (TPSA) is 94.1 Å². The van der Waals surface area contributed by atoms with Gasteiger partial charge in [-0.2, -0.15) is 0 Å². The zero-order valence-corrected chi connectivity index (χ0v) is 10.0. The molecule has 0 amide bonds. The van der Waals surface area contributed by atoms with E-state index < -0.39 is 4.92 Å². The third kappa shape index (κ3) is 2.32. The number of halogens is 1. The van der Waals surface area contributed by atoms with Gasteiger partial charge in [-0.3, -0.25) is 10.1 Å². The molecular weight excluding hydrogens is 292 g/mol. The second kappa shape index (κ2) is 4.60. The van der Waals surface area contributed by atoms with Gasteiger partial charge in [-0.15, -0.1) is 5.10 Å². The minimum absolute atomic E-state index is 0.0110. The summed E-state index contributed by atoms with van der Waals surface area (Å²) in [6, 6.07) is 4.31. The average Bonchev–Trinajstić information content (AvgIpc) is 2.77. The van der Waals surface area contributed by atoms with Gasteiger partial charge in [-0.1, -0.05) is 5.21 Å².